The van der Waals surface area contributed by atoms with Gasteiger partial charge < -0.3 is 14.6 Å². The predicted molar refractivity (Wildman–Crippen MR) is 76.3 cm³/mol. The molecule has 0 fully saturated rings. The number of carbonyl (C=O) groups is 1. The zero-order valence-corrected chi connectivity index (χ0v) is 11.7. The van der Waals surface area contributed by atoms with Crippen LogP contribution in [0, 0.1) is 5.82 Å². The van der Waals surface area contributed by atoms with Crippen LogP contribution in [0.25, 0.3) is 11.1 Å². The van der Waals surface area contributed by atoms with Crippen molar-refractivity contribution in [1.29, 1.82) is 0 Å². The van der Waals surface area contributed by atoms with Crippen LogP contribution in [-0.4, -0.2) is 25.3 Å². The first kappa shape index (κ1) is 14.8. The first-order valence-electron chi connectivity index (χ1n) is 6.27. The predicted octanol–water partition coefficient (Wildman–Crippen LogP) is 3.14. The highest BCUT2D eigenvalue weighted by Crippen LogP contribution is 2.33. The average molecular weight is 290 g/mol. The molecule has 4 nitrogen and oxygen atoms in total. The van der Waals surface area contributed by atoms with Gasteiger partial charge in [0, 0.05) is 5.56 Å². The van der Waals surface area contributed by atoms with Gasteiger partial charge >= 0.3 is 5.97 Å². The van der Waals surface area contributed by atoms with Crippen molar-refractivity contribution in [3.63, 3.8) is 0 Å². The van der Waals surface area contributed by atoms with E-state index in [1.807, 2.05) is 0 Å². The molecule has 1 N–H and O–H groups in total. The summed E-state index contributed by atoms with van der Waals surface area (Å²) in [5, 5.41) is 8.72. The van der Waals surface area contributed by atoms with Gasteiger partial charge in [-0.15, -0.1) is 0 Å². The molecule has 5 heteroatoms. The van der Waals surface area contributed by atoms with Crippen LogP contribution in [-0.2, 0) is 11.2 Å². The van der Waals surface area contributed by atoms with Gasteiger partial charge in [0.25, 0.3) is 0 Å². The minimum atomic E-state index is -0.992. The lowest BCUT2D eigenvalue weighted by Crippen LogP contribution is -2.00. The summed E-state index contributed by atoms with van der Waals surface area (Å²) in [6, 6.07) is 9.49. The van der Waals surface area contributed by atoms with E-state index in [-0.39, 0.29) is 6.42 Å². The molecule has 0 amide bonds. The van der Waals surface area contributed by atoms with Crippen molar-refractivity contribution in [2.24, 2.45) is 0 Å². The SMILES string of the molecule is COc1ccc(-c2ccc(CC(=O)O)cc2F)cc1OC. The number of halogens is 1. The molecule has 0 aromatic heterocycles. The zero-order valence-electron chi connectivity index (χ0n) is 11.7. The summed E-state index contributed by atoms with van der Waals surface area (Å²) in [5.74, 6) is -0.401. The quantitative estimate of drug-likeness (QED) is 0.919. The highest BCUT2D eigenvalue weighted by Gasteiger charge is 2.11. The highest BCUT2D eigenvalue weighted by molar-refractivity contribution is 5.72. The molecule has 0 saturated heterocycles. The molecule has 0 radical (unpaired) electrons. The third kappa shape index (κ3) is 3.31. The topological polar surface area (TPSA) is 55.8 Å². The molecule has 0 bridgehead atoms. The molecule has 0 saturated carbocycles. The molecule has 0 aliphatic rings. The largest absolute Gasteiger partial charge is 0.493 e. The number of aliphatic carboxylic acids is 1. The van der Waals surface area contributed by atoms with Crippen molar-refractivity contribution in [3.8, 4) is 22.6 Å². The summed E-state index contributed by atoms with van der Waals surface area (Å²) in [4.78, 5) is 10.6. The van der Waals surface area contributed by atoms with E-state index in [0.717, 1.165) is 0 Å². The molecule has 0 unspecified atom stereocenters. The second-order valence-electron chi connectivity index (χ2n) is 4.45. The van der Waals surface area contributed by atoms with Crippen LogP contribution in [0.5, 0.6) is 11.5 Å². The number of rotatable bonds is 5. The molecular formula is C16H15FO4. The Bertz CT molecular complexity index is 667. The lowest BCUT2D eigenvalue weighted by atomic mass is 10.0. The maximum absolute atomic E-state index is 14.1. The van der Waals surface area contributed by atoms with Crippen LogP contribution >= 0.6 is 0 Å². The smallest absolute Gasteiger partial charge is 0.307 e. The summed E-state index contributed by atoms with van der Waals surface area (Å²) in [5.41, 5.74) is 1.43. The fourth-order valence-corrected chi connectivity index (χ4v) is 2.08. The van der Waals surface area contributed by atoms with Crippen LogP contribution in [0.15, 0.2) is 36.4 Å². The van der Waals surface area contributed by atoms with Gasteiger partial charge in [-0.05, 0) is 29.3 Å². The normalized spacial score (nSPS) is 10.2. The lowest BCUT2D eigenvalue weighted by Gasteiger charge is -2.10. The minimum absolute atomic E-state index is 0.205. The molecule has 110 valence electrons. The van der Waals surface area contributed by atoms with Crippen LogP contribution in [0.4, 0.5) is 4.39 Å². The van der Waals surface area contributed by atoms with Crippen molar-refractivity contribution in [2.45, 2.75) is 6.42 Å². The van der Waals surface area contributed by atoms with Crippen molar-refractivity contribution in [3.05, 3.63) is 47.8 Å². The molecule has 0 atom stereocenters. The average Bonchev–Trinajstić information content (AvgIpc) is 2.46. The number of carboxylic acid groups (broad SMARTS) is 1. The van der Waals surface area contributed by atoms with E-state index in [9.17, 15) is 9.18 Å². The van der Waals surface area contributed by atoms with Gasteiger partial charge in [0.15, 0.2) is 11.5 Å². The first-order valence-corrected chi connectivity index (χ1v) is 6.27. The second-order valence-corrected chi connectivity index (χ2v) is 4.45. The van der Waals surface area contributed by atoms with Gasteiger partial charge in [0.1, 0.15) is 5.82 Å². The third-order valence-corrected chi connectivity index (χ3v) is 3.08. The number of carboxylic acids is 1. The molecule has 21 heavy (non-hydrogen) atoms. The molecule has 0 heterocycles. The van der Waals surface area contributed by atoms with E-state index in [1.54, 1.807) is 30.3 Å². The van der Waals surface area contributed by atoms with Crippen LogP contribution in [0.2, 0.25) is 0 Å². The fraction of sp³-hybridized carbons (Fsp3) is 0.188. The third-order valence-electron chi connectivity index (χ3n) is 3.08. The molecule has 2 rings (SSSR count). The summed E-state index contributed by atoms with van der Waals surface area (Å²) in [6.45, 7) is 0. The number of hydrogen-bond donors (Lipinski definition) is 1. The van der Waals surface area contributed by atoms with Gasteiger partial charge in [-0.2, -0.15) is 0 Å². The van der Waals surface area contributed by atoms with E-state index in [1.165, 1.54) is 20.3 Å². The van der Waals surface area contributed by atoms with Gasteiger partial charge in [0.2, 0.25) is 0 Å². The fourth-order valence-electron chi connectivity index (χ4n) is 2.08. The van der Waals surface area contributed by atoms with E-state index in [2.05, 4.69) is 0 Å². The minimum Gasteiger partial charge on any atom is -0.493 e. The van der Waals surface area contributed by atoms with Crippen molar-refractivity contribution >= 4 is 5.97 Å². The standard InChI is InChI=1S/C16H15FO4/c1-20-14-6-4-11(9-15(14)21-2)12-5-3-10(7-13(12)17)8-16(18)19/h3-7,9H,8H2,1-2H3,(H,18,19). The number of benzene rings is 2. The van der Waals surface area contributed by atoms with Gasteiger partial charge in [-0.1, -0.05) is 18.2 Å². The monoisotopic (exact) mass is 290 g/mol. The van der Waals surface area contributed by atoms with Crippen LogP contribution in [0.1, 0.15) is 5.56 Å². The van der Waals surface area contributed by atoms with Gasteiger partial charge in [-0.3, -0.25) is 4.79 Å². The summed E-state index contributed by atoms with van der Waals surface area (Å²) in [6.07, 6.45) is -0.205. The Labute approximate surface area is 121 Å². The summed E-state index contributed by atoms with van der Waals surface area (Å²) < 4.78 is 24.5. The Morgan fingerprint density at radius 3 is 2.38 bits per heavy atom. The van der Waals surface area contributed by atoms with E-state index in [0.29, 0.717) is 28.2 Å². The molecule has 0 aliphatic carbocycles. The Kier molecular flexibility index (Phi) is 4.42. The summed E-state index contributed by atoms with van der Waals surface area (Å²) in [7, 11) is 3.03. The van der Waals surface area contributed by atoms with Gasteiger partial charge in [0.05, 0.1) is 20.6 Å². The van der Waals surface area contributed by atoms with Crippen molar-refractivity contribution in [2.75, 3.05) is 14.2 Å². The Balaban J connectivity index is 2.40. The summed E-state index contributed by atoms with van der Waals surface area (Å²) >= 11 is 0. The highest BCUT2D eigenvalue weighted by atomic mass is 19.1. The lowest BCUT2D eigenvalue weighted by molar-refractivity contribution is -0.136. The van der Waals surface area contributed by atoms with Crippen LogP contribution in [0.3, 0.4) is 0 Å². The molecule has 2 aromatic rings. The van der Waals surface area contributed by atoms with Crippen LogP contribution < -0.4 is 9.47 Å². The van der Waals surface area contributed by atoms with Crippen molar-refractivity contribution < 1.29 is 23.8 Å². The molecular weight excluding hydrogens is 275 g/mol. The maximum atomic E-state index is 14.1. The van der Waals surface area contributed by atoms with E-state index in [4.69, 9.17) is 14.6 Å². The number of hydrogen-bond acceptors (Lipinski definition) is 3. The molecule has 0 spiro atoms. The zero-order chi connectivity index (χ0) is 15.4. The van der Waals surface area contributed by atoms with E-state index < -0.39 is 11.8 Å². The maximum Gasteiger partial charge on any atom is 0.307 e. The molecule has 0 aliphatic heterocycles. The molecule has 2 aromatic carbocycles. The van der Waals surface area contributed by atoms with Crippen molar-refractivity contribution in [1.82, 2.24) is 0 Å². The first-order chi connectivity index (χ1) is 10.0. The Hall–Kier alpha value is -2.56. The van der Waals surface area contributed by atoms with E-state index >= 15 is 0 Å². The number of methoxy groups -OCH3 is 2. The van der Waals surface area contributed by atoms with Gasteiger partial charge in [-0.25, -0.2) is 4.39 Å². The Morgan fingerprint density at radius 1 is 1.10 bits per heavy atom. The Morgan fingerprint density at radius 2 is 1.81 bits per heavy atom. The number of ether oxygens (including phenoxy) is 2. The second kappa shape index (κ2) is 6.26.